The predicted octanol–water partition coefficient (Wildman–Crippen LogP) is 5.10. The molecular weight excluding hydrogens is 877 g/mol. The van der Waals surface area contributed by atoms with E-state index in [-0.39, 0.29) is 79.8 Å². The lowest BCUT2D eigenvalue weighted by atomic mass is 10.1. The predicted molar refractivity (Wildman–Crippen MR) is 258 cm³/mol. The topological polar surface area (TPSA) is 259 Å². The number of hydrogen-bond donors (Lipinski definition) is 3. The Morgan fingerprint density at radius 3 is 2.25 bits per heavy atom. The Hall–Kier alpha value is -8.23. The van der Waals surface area contributed by atoms with Crippen LogP contribution in [0.15, 0.2) is 84.3 Å². The second-order valence-corrected chi connectivity index (χ2v) is 15.2. The molecule has 0 atom stereocenters. The highest BCUT2D eigenvalue weighted by molar-refractivity contribution is 6.09. The van der Waals surface area contributed by atoms with Crippen molar-refractivity contribution < 1.29 is 42.9 Å². The van der Waals surface area contributed by atoms with Crippen molar-refractivity contribution in [3.8, 4) is 11.5 Å². The summed E-state index contributed by atoms with van der Waals surface area (Å²) in [6.07, 6.45) is 11.4. The number of aromatic nitrogens is 6. The number of methoxy groups -OCH3 is 2. The molecule has 21 heteroatoms. The van der Waals surface area contributed by atoms with Crippen LogP contribution in [-0.4, -0.2) is 113 Å². The molecule has 0 saturated carbocycles. The van der Waals surface area contributed by atoms with Crippen molar-refractivity contribution in [2.75, 3.05) is 62.7 Å². The van der Waals surface area contributed by atoms with E-state index in [9.17, 15) is 24.0 Å². The summed E-state index contributed by atoms with van der Waals surface area (Å²) in [5.41, 5.74) is 15.5. The number of benzene rings is 2. The Bertz CT molecular complexity index is 2730. The lowest BCUT2D eigenvalue weighted by Crippen LogP contribution is -2.33. The summed E-state index contributed by atoms with van der Waals surface area (Å²) in [7, 11) is 4.35. The zero-order chi connectivity index (χ0) is 49.5. The van der Waals surface area contributed by atoms with Gasteiger partial charge in [0, 0.05) is 62.7 Å². The zero-order valence-corrected chi connectivity index (χ0v) is 39.2. The number of nitrogens with one attached hydrogen (secondary N) is 1. The molecule has 21 nitrogen and oxygen atoms in total. The molecule has 5 aromatic rings. The van der Waals surface area contributed by atoms with E-state index in [1.54, 1.807) is 53.8 Å². The van der Waals surface area contributed by atoms with Crippen LogP contribution < -0.4 is 36.1 Å². The highest BCUT2D eigenvalue weighted by Crippen LogP contribution is 2.41. The summed E-state index contributed by atoms with van der Waals surface area (Å²) in [5.74, 6) is -1.69. The average molecular weight is 935 g/mol. The first kappa shape index (κ1) is 50.8. The molecule has 3 amide bonds. The quantitative estimate of drug-likeness (QED) is 0.0282. The van der Waals surface area contributed by atoms with E-state index >= 15 is 0 Å². The number of imidazole rings is 1. The summed E-state index contributed by atoms with van der Waals surface area (Å²) in [6, 6.07) is 7.67. The maximum absolute atomic E-state index is 14.7. The highest BCUT2D eigenvalue weighted by Gasteiger charge is 2.28. The van der Waals surface area contributed by atoms with E-state index < -0.39 is 23.7 Å². The summed E-state index contributed by atoms with van der Waals surface area (Å²) in [6.45, 7) is 14.8. The fourth-order valence-electron chi connectivity index (χ4n) is 7.15. The SMILES string of the molecule is C=Nc1cc(C(N)=O)cc(OCCCC(=O)OC)c1N(C/C=C/Cn1c(NC)nc2cc(C(N)=O)cc(OC/C=C/Cn3cc(N(CCC(=O)OC)C(=C)C)cn3)c21)C(=O)c1cc(C)nn1CC. The molecule has 0 radical (unpaired) electrons. The first-order valence-corrected chi connectivity index (χ1v) is 21.6. The van der Waals surface area contributed by atoms with Gasteiger partial charge in [-0.3, -0.25) is 43.2 Å². The van der Waals surface area contributed by atoms with Gasteiger partial charge in [0.1, 0.15) is 35.0 Å². The molecule has 5 N–H and O–H groups in total. The largest absolute Gasteiger partial charge is 0.491 e. The summed E-state index contributed by atoms with van der Waals surface area (Å²) in [4.78, 5) is 75.4. The van der Waals surface area contributed by atoms with Crippen LogP contribution in [0.4, 0.5) is 23.0 Å². The van der Waals surface area contributed by atoms with Gasteiger partial charge in [-0.25, -0.2) is 4.98 Å². The van der Waals surface area contributed by atoms with E-state index in [4.69, 9.17) is 35.4 Å². The molecule has 0 spiro atoms. The van der Waals surface area contributed by atoms with Crippen LogP contribution >= 0.6 is 0 Å². The van der Waals surface area contributed by atoms with Crippen LogP contribution in [0.25, 0.3) is 11.0 Å². The van der Waals surface area contributed by atoms with Crippen molar-refractivity contribution in [3.63, 3.8) is 0 Å². The number of carbonyl (C=O) groups is 5. The number of hydrogen-bond acceptors (Lipinski definition) is 15. The van der Waals surface area contributed by atoms with E-state index in [1.807, 2.05) is 47.7 Å². The van der Waals surface area contributed by atoms with Crippen LogP contribution in [0, 0.1) is 6.92 Å². The number of carbonyl (C=O) groups excluding carboxylic acids is 5. The van der Waals surface area contributed by atoms with Gasteiger partial charge in [-0.15, -0.1) is 0 Å². The van der Waals surface area contributed by atoms with Gasteiger partial charge in [-0.2, -0.15) is 10.2 Å². The number of allylic oxidation sites excluding steroid dienone is 3. The minimum atomic E-state index is -0.751. The minimum absolute atomic E-state index is 0.0261. The zero-order valence-electron chi connectivity index (χ0n) is 39.2. The first-order chi connectivity index (χ1) is 32.6. The average Bonchev–Trinajstić information content (AvgIpc) is 4.06. The Labute approximate surface area is 393 Å². The molecule has 5 rings (SSSR count). The molecule has 0 aliphatic rings. The molecular formula is C47H58N12O9. The first-order valence-electron chi connectivity index (χ1n) is 21.6. The molecule has 0 aliphatic heterocycles. The number of nitrogens with zero attached hydrogens (tertiary/aromatic N) is 9. The molecule has 0 aliphatic carbocycles. The second-order valence-electron chi connectivity index (χ2n) is 15.2. The Morgan fingerprint density at radius 2 is 1.59 bits per heavy atom. The Morgan fingerprint density at radius 1 is 0.897 bits per heavy atom. The van der Waals surface area contributed by atoms with E-state index in [0.29, 0.717) is 53.8 Å². The molecule has 68 heavy (non-hydrogen) atoms. The molecule has 0 unspecified atom stereocenters. The van der Waals surface area contributed by atoms with Crippen LogP contribution in [-0.2, 0) is 38.7 Å². The van der Waals surface area contributed by atoms with Gasteiger partial charge in [-0.05, 0) is 70.3 Å². The van der Waals surface area contributed by atoms with Gasteiger partial charge in [0.2, 0.25) is 17.8 Å². The summed E-state index contributed by atoms with van der Waals surface area (Å²) < 4.78 is 27.1. The molecule has 0 saturated heterocycles. The number of primary amides is 2. The maximum Gasteiger partial charge on any atom is 0.307 e. The number of fused-ring (bicyclic) bond motifs is 1. The molecule has 3 aromatic heterocycles. The molecule has 3 heterocycles. The lowest BCUT2D eigenvalue weighted by Gasteiger charge is -2.26. The molecule has 2 aromatic carbocycles. The number of anilines is 3. The number of aryl methyl sites for hydroxylation is 2. The smallest absolute Gasteiger partial charge is 0.307 e. The number of rotatable bonds is 26. The van der Waals surface area contributed by atoms with Crippen molar-refractivity contribution in [2.45, 2.75) is 59.7 Å². The standard InChI is InChI=1S/C47H58N12O9/c1-9-59-37(23-31(4)54-59)46(64)57(42-35(50-5)24-32(44(48)62)26-38(42)68-22-14-15-40(60)65-7)18-10-11-19-58-43-36(53-47(58)51-6)25-33(45(49)63)27-39(43)67-21-13-12-17-55-29-34(28-52-55)56(30(2)3)20-16-41(61)66-8/h10-13,23-29H,2,5,9,14-22H2,1,3-4,6-8H3,(H2,48,62)(H2,49,63)(H,51,53)/b11-10+,13-12+. The number of aliphatic imine (C=N–C) groups is 1. The monoisotopic (exact) mass is 934 g/mol. The minimum Gasteiger partial charge on any atom is -0.491 e. The fourth-order valence-corrected chi connectivity index (χ4v) is 7.15. The van der Waals surface area contributed by atoms with Crippen molar-refractivity contribution in [2.24, 2.45) is 16.5 Å². The van der Waals surface area contributed by atoms with E-state index in [0.717, 1.165) is 11.4 Å². The maximum atomic E-state index is 14.7. The number of amides is 3. The van der Waals surface area contributed by atoms with Crippen LogP contribution in [0.1, 0.15) is 70.0 Å². The van der Waals surface area contributed by atoms with Crippen molar-refractivity contribution in [1.29, 1.82) is 0 Å². The summed E-state index contributed by atoms with van der Waals surface area (Å²) in [5, 5.41) is 12.0. The van der Waals surface area contributed by atoms with Crippen molar-refractivity contribution in [3.05, 3.63) is 102 Å². The van der Waals surface area contributed by atoms with Crippen LogP contribution in [0.2, 0.25) is 0 Å². The summed E-state index contributed by atoms with van der Waals surface area (Å²) >= 11 is 0. The van der Waals surface area contributed by atoms with Gasteiger partial charge in [-0.1, -0.05) is 24.8 Å². The Balaban J connectivity index is 1.44. The third-order valence-electron chi connectivity index (χ3n) is 10.5. The van der Waals surface area contributed by atoms with Gasteiger partial charge in [0.15, 0.2) is 0 Å². The van der Waals surface area contributed by atoms with E-state index in [1.165, 1.54) is 31.3 Å². The number of esters is 2. The lowest BCUT2D eigenvalue weighted by molar-refractivity contribution is -0.141. The molecule has 360 valence electrons. The second kappa shape index (κ2) is 23.8. The number of nitrogens with two attached hydrogens (primary N) is 2. The molecule has 0 bridgehead atoms. The third-order valence-corrected chi connectivity index (χ3v) is 10.5. The number of ether oxygens (including phenoxy) is 4. The highest BCUT2D eigenvalue weighted by atomic mass is 16.5. The normalized spacial score (nSPS) is 11.2. The fraction of sp³-hybridized carbons (Fsp3) is 0.340. The Kier molecular flexibility index (Phi) is 17.8. The van der Waals surface area contributed by atoms with Gasteiger partial charge in [0.05, 0.1) is 62.6 Å². The third kappa shape index (κ3) is 12.6. The van der Waals surface area contributed by atoms with E-state index in [2.05, 4.69) is 33.8 Å². The van der Waals surface area contributed by atoms with Crippen LogP contribution in [0.5, 0.6) is 11.5 Å². The van der Waals surface area contributed by atoms with Gasteiger partial charge < -0.3 is 45.2 Å². The van der Waals surface area contributed by atoms with Crippen molar-refractivity contribution >= 4 is 70.4 Å². The molecule has 0 fully saturated rings. The van der Waals surface area contributed by atoms with Crippen LogP contribution in [0.3, 0.4) is 0 Å². The van der Waals surface area contributed by atoms with Gasteiger partial charge in [0.25, 0.3) is 5.91 Å². The van der Waals surface area contributed by atoms with Gasteiger partial charge >= 0.3 is 11.9 Å². The van der Waals surface area contributed by atoms with Crippen molar-refractivity contribution in [1.82, 2.24) is 29.1 Å².